The smallest absolute Gasteiger partial charge is 0.308 e. The third-order valence-corrected chi connectivity index (χ3v) is 6.53. The molecule has 1 aromatic heterocycles. The first-order valence-corrected chi connectivity index (χ1v) is 11.7. The lowest BCUT2D eigenvalue weighted by molar-refractivity contribution is -0.153. The van der Waals surface area contributed by atoms with Crippen molar-refractivity contribution in [3.8, 4) is 5.75 Å². The summed E-state index contributed by atoms with van der Waals surface area (Å²) < 4.78 is 12.0. The molecule has 0 fully saturated rings. The number of hydrogen-bond acceptors (Lipinski definition) is 7. The van der Waals surface area contributed by atoms with E-state index in [1.807, 2.05) is 61.5 Å². The van der Waals surface area contributed by atoms with Crippen molar-refractivity contribution in [2.24, 2.45) is 5.10 Å². The van der Waals surface area contributed by atoms with E-state index in [1.54, 1.807) is 12.5 Å². The van der Waals surface area contributed by atoms with Crippen molar-refractivity contribution in [3.63, 3.8) is 0 Å². The number of aryl methyl sites for hydroxylation is 1. The zero-order valence-corrected chi connectivity index (χ0v) is 19.8. The molecule has 1 aliphatic rings. The molecule has 4 rings (SSSR count). The fourth-order valence-corrected chi connectivity index (χ4v) is 4.55. The number of thiazole rings is 1. The molecule has 0 bridgehead atoms. The number of amides is 1. The molecule has 2 aromatic carbocycles. The summed E-state index contributed by atoms with van der Waals surface area (Å²) in [4.78, 5) is 36.9. The molecule has 1 amide bonds. The van der Waals surface area contributed by atoms with Crippen molar-refractivity contribution in [1.29, 1.82) is 0 Å². The molecular weight excluding hydrogens is 454 g/mol. The average Bonchev–Trinajstić information content (AvgIpc) is 3.45. The predicted molar refractivity (Wildman–Crippen MR) is 129 cm³/mol. The predicted octanol–water partition coefficient (Wildman–Crippen LogP) is 3.54. The van der Waals surface area contributed by atoms with Crippen molar-refractivity contribution >= 4 is 28.9 Å². The van der Waals surface area contributed by atoms with Crippen molar-refractivity contribution in [1.82, 2.24) is 9.58 Å². The second kappa shape index (κ2) is 10.5. The highest BCUT2D eigenvalue weighted by Gasteiger charge is 2.33. The fraction of sp³-hybridized carbons (Fsp3) is 0.280. The van der Waals surface area contributed by atoms with E-state index in [0.29, 0.717) is 6.42 Å². The molecule has 3 aromatic rings. The summed E-state index contributed by atoms with van der Waals surface area (Å²) in [6, 6.07) is 16.8. The number of carbonyl (C=O) groups excluding carboxylic acids is 2. The molecule has 0 spiro atoms. The van der Waals surface area contributed by atoms with E-state index in [1.165, 1.54) is 9.58 Å². The van der Waals surface area contributed by atoms with Crippen molar-refractivity contribution in [2.45, 2.75) is 32.4 Å². The first-order chi connectivity index (χ1) is 16.5. The van der Waals surface area contributed by atoms with Crippen LogP contribution in [0.2, 0.25) is 0 Å². The summed E-state index contributed by atoms with van der Waals surface area (Å²) in [5.74, 6) is -0.236. The second-order valence-electron chi connectivity index (χ2n) is 7.85. The highest BCUT2D eigenvalue weighted by molar-refractivity contribution is 7.07. The number of methoxy groups -OCH3 is 1. The third-order valence-electron chi connectivity index (χ3n) is 5.65. The summed E-state index contributed by atoms with van der Waals surface area (Å²) in [7, 11) is 1.60. The summed E-state index contributed by atoms with van der Waals surface area (Å²) in [5, 5.41) is 7.72. The van der Waals surface area contributed by atoms with Gasteiger partial charge in [-0.2, -0.15) is 5.10 Å². The minimum Gasteiger partial charge on any atom is -0.497 e. The van der Waals surface area contributed by atoms with Gasteiger partial charge >= 0.3 is 10.8 Å². The van der Waals surface area contributed by atoms with Gasteiger partial charge in [0, 0.05) is 24.0 Å². The monoisotopic (exact) mass is 479 g/mol. The molecule has 0 saturated carbocycles. The number of esters is 1. The molecule has 0 unspecified atom stereocenters. The van der Waals surface area contributed by atoms with E-state index in [0.717, 1.165) is 39.6 Å². The number of hydrogen-bond donors (Lipinski definition) is 0. The van der Waals surface area contributed by atoms with Gasteiger partial charge in [0.25, 0.3) is 5.91 Å². The van der Waals surface area contributed by atoms with Gasteiger partial charge in [0.05, 0.1) is 25.3 Å². The third kappa shape index (κ3) is 5.26. The number of ether oxygens (including phenoxy) is 2. The largest absolute Gasteiger partial charge is 0.497 e. The van der Waals surface area contributed by atoms with Crippen LogP contribution in [0.15, 0.2) is 69.9 Å². The van der Waals surface area contributed by atoms with Crippen molar-refractivity contribution in [3.05, 3.63) is 86.5 Å². The number of aromatic nitrogens is 1. The van der Waals surface area contributed by atoms with E-state index in [4.69, 9.17) is 9.47 Å². The lowest BCUT2D eigenvalue weighted by atomic mass is 9.98. The van der Waals surface area contributed by atoms with Crippen LogP contribution in [0.5, 0.6) is 5.75 Å². The van der Waals surface area contributed by atoms with Crippen LogP contribution >= 0.6 is 11.3 Å². The van der Waals surface area contributed by atoms with Gasteiger partial charge in [-0.1, -0.05) is 53.8 Å². The van der Waals surface area contributed by atoms with Crippen LogP contribution in [-0.4, -0.2) is 40.9 Å². The van der Waals surface area contributed by atoms with Crippen LogP contribution < -0.4 is 9.61 Å². The Labute approximate surface area is 201 Å². The van der Waals surface area contributed by atoms with E-state index in [9.17, 15) is 14.4 Å². The van der Waals surface area contributed by atoms with Crippen LogP contribution in [0, 0.1) is 6.92 Å². The number of rotatable bonds is 8. The van der Waals surface area contributed by atoms with Gasteiger partial charge in [-0.25, -0.2) is 5.01 Å². The zero-order valence-electron chi connectivity index (χ0n) is 19.0. The number of hydrazone groups is 1. The molecule has 1 aliphatic heterocycles. The molecule has 34 heavy (non-hydrogen) atoms. The summed E-state index contributed by atoms with van der Waals surface area (Å²) in [6.07, 6.45) is 0.543. The normalized spacial score (nSPS) is 15.2. The Balaban J connectivity index is 1.45. The van der Waals surface area contributed by atoms with Crippen LogP contribution in [0.25, 0.3) is 0 Å². The van der Waals surface area contributed by atoms with Crippen LogP contribution in [-0.2, 0) is 20.9 Å². The van der Waals surface area contributed by atoms with Crippen LogP contribution in [0.1, 0.15) is 35.7 Å². The maximum Gasteiger partial charge on any atom is 0.308 e. The Morgan fingerprint density at radius 1 is 1.12 bits per heavy atom. The quantitative estimate of drug-likeness (QED) is 0.461. The Bertz CT molecular complexity index is 1250. The first-order valence-electron chi connectivity index (χ1n) is 10.9. The minimum absolute atomic E-state index is 0.00516. The molecule has 1 atom stereocenters. The van der Waals surface area contributed by atoms with E-state index in [2.05, 4.69) is 5.10 Å². The van der Waals surface area contributed by atoms with Gasteiger partial charge in [0.2, 0.25) is 0 Å². The Morgan fingerprint density at radius 2 is 1.85 bits per heavy atom. The summed E-state index contributed by atoms with van der Waals surface area (Å²) >= 11 is 1.09. The lowest BCUT2D eigenvalue weighted by Crippen LogP contribution is -2.31. The SMILES string of the molecule is COc1ccc([C@@H]2CC(c3ccccc3)=NN2C(=O)COC(=O)CCn2c(C)csc2=O)cc1. The second-order valence-corrected chi connectivity index (χ2v) is 8.67. The van der Waals surface area contributed by atoms with Gasteiger partial charge in [0.1, 0.15) is 5.75 Å². The topological polar surface area (TPSA) is 90.2 Å². The molecule has 2 heterocycles. The standard InChI is InChI=1S/C25H25N3O5S/c1-17-16-34-25(31)27(17)13-12-24(30)33-15-23(29)28-22(19-8-10-20(32-2)11-9-19)14-21(26-28)18-6-4-3-5-7-18/h3-11,16,22H,12-15H2,1-2H3/t22-/m0/s1. The van der Waals surface area contributed by atoms with E-state index in [-0.39, 0.29) is 23.9 Å². The van der Waals surface area contributed by atoms with Gasteiger partial charge in [-0.3, -0.25) is 14.4 Å². The highest BCUT2D eigenvalue weighted by Crippen LogP contribution is 2.33. The Morgan fingerprint density at radius 3 is 2.50 bits per heavy atom. The number of nitrogens with zero attached hydrogens (tertiary/aromatic N) is 3. The molecule has 176 valence electrons. The summed E-state index contributed by atoms with van der Waals surface area (Å²) in [6.45, 7) is 1.60. The van der Waals surface area contributed by atoms with Crippen molar-refractivity contribution < 1.29 is 19.1 Å². The molecule has 0 radical (unpaired) electrons. The van der Waals surface area contributed by atoms with E-state index < -0.39 is 18.5 Å². The molecule has 0 N–H and O–H groups in total. The summed E-state index contributed by atoms with van der Waals surface area (Å²) in [5.41, 5.74) is 3.42. The van der Waals surface area contributed by atoms with Crippen LogP contribution in [0.4, 0.5) is 0 Å². The van der Waals surface area contributed by atoms with Gasteiger partial charge in [-0.05, 0) is 30.2 Å². The average molecular weight is 480 g/mol. The van der Waals surface area contributed by atoms with E-state index >= 15 is 0 Å². The minimum atomic E-state index is -0.543. The Kier molecular flexibility index (Phi) is 7.22. The Hall–Kier alpha value is -3.72. The molecule has 0 saturated heterocycles. The van der Waals surface area contributed by atoms with Gasteiger partial charge < -0.3 is 14.0 Å². The fourth-order valence-electron chi connectivity index (χ4n) is 3.79. The number of benzene rings is 2. The lowest BCUT2D eigenvalue weighted by Gasteiger charge is -2.22. The first kappa shape index (κ1) is 23.4. The maximum absolute atomic E-state index is 13.0. The van der Waals surface area contributed by atoms with Crippen LogP contribution in [0.3, 0.4) is 0 Å². The molecule has 9 heteroatoms. The van der Waals surface area contributed by atoms with Crippen molar-refractivity contribution in [2.75, 3.05) is 13.7 Å². The number of carbonyl (C=O) groups is 2. The zero-order chi connectivity index (χ0) is 24.1. The van der Waals surface area contributed by atoms with Gasteiger partial charge in [-0.15, -0.1) is 0 Å². The molecular formula is C25H25N3O5S. The van der Waals surface area contributed by atoms with Gasteiger partial charge in [0.15, 0.2) is 6.61 Å². The molecule has 8 nitrogen and oxygen atoms in total. The maximum atomic E-state index is 13.0. The highest BCUT2D eigenvalue weighted by atomic mass is 32.1. The molecule has 0 aliphatic carbocycles.